The van der Waals surface area contributed by atoms with Crippen molar-refractivity contribution < 1.29 is 8.42 Å². The first-order chi connectivity index (χ1) is 14.8. The second-order valence-corrected chi connectivity index (χ2v) is 11.0. The van der Waals surface area contributed by atoms with Crippen molar-refractivity contribution in [3.63, 3.8) is 0 Å². The normalized spacial score (nSPS) is 24.0. The third-order valence-corrected chi connectivity index (χ3v) is 7.78. The van der Waals surface area contributed by atoms with Gasteiger partial charge in [0, 0.05) is 51.4 Å². The summed E-state index contributed by atoms with van der Waals surface area (Å²) >= 11 is 0. The molecule has 3 rings (SSSR count). The van der Waals surface area contributed by atoms with Gasteiger partial charge in [-0.25, -0.2) is 12.7 Å². The first kappa shape index (κ1) is 27.3. The van der Waals surface area contributed by atoms with Gasteiger partial charge in [-0.15, -0.1) is 24.0 Å². The standard InChI is InChI=1S/C23H39N5O2S.HI/c1-4-24-23(25-17-20-10-14-28(15-11-20)31(3,29)30)26-22-12-13-27(19(2)16-22)18-21-8-6-5-7-9-21;/h5-9,19-20,22H,4,10-18H2,1-3H3,(H2,24,25,26);1H. The number of guanidine groups is 1. The van der Waals surface area contributed by atoms with E-state index in [0.29, 0.717) is 31.1 Å². The average molecular weight is 578 g/mol. The quantitative estimate of drug-likeness (QED) is 0.296. The summed E-state index contributed by atoms with van der Waals surface area (Å²) in [5.74, 6) is 1.34. The van der Waals surface area contributed by atoms with E-state index in [1.807, 2.05) is 0 Å². The van der Waals surface area contributed by atoms with Crippen LogP contribution in [-0.2, 0) is 16.6 Å². The predicted octanol–water partition coefficient (Wildman–Crippen LogP) is 2.88. The van der Waals surface area contributed by atoms with Gasteiger partial charge in [-0.1, -0.05) is 30.3 Å². The molecule has 0 spiro atoms. The average Bonchev–Trinajstić information content (AvgIpc) is 2.74. The van der Waals surface area contributed by atoms with Crippen molar-refractivity contribution in [3.05, 3.63) is 35.9 Å². The number of nitrogens with one attached hydrogen (secondary N) is 2. The highest BCUT2D eigenvalue weighted by atomic mass is 127. The molecule has 2 aliphatic heterocycles. The van der Waals surface area contributed by atoms with E-state index in [2.05, 4.69) is 59.7 Å². The fraction of sp³-hybridized carbons (Fsp3) is 0.696. The minimum Gasteiger partial charge on any atom is -0.357 e. The third kappa shape index (κ3) is 8.46. The maximum atomic E-state index is 11.7. The molecule has 1 aromatic carbocycles. The summed E-state index contributed by atoms with van der Waals surface area (Å²) < 4.78 is 25.0. The number of aliphatic imine (C=N–C) groups is 1. The van der Waals surface area contributed by atoms with Gasteiger partial charge in [0.15, 0.2) is 5.96 Å². The molecule has 2 aliphatic rings. The minimum atomic E-state index is -3.07. The van der Waals surface area contributed by atoms with E-state index in [9.17, 15) is 8.42 Å². The van der Waals surface area contributed by atoms with Crippen LogP contribution in [0.1, 0.15) is 45.1 Å². The van der Waals surface area contributed by atoms with Crippen LogP contribution in [-0.4, -0.2) is 74.6 Å². The molecule has 0 aromatic heterocycles. The second-order valence-electron chi connectivity index (χ2n) is 9.00. The van der Waals surface area contributed by atoms with E-state index in [1.54, 1.807) is 4.31 Å². The van der Waals surface area contributed by atoms with Crippen LogP contribution < -0.4 is 10.6 Å². The number of nitrogens with zero attached hydrogens (tertiary/aromatic N) is 3. The number of likely N-dealkylation sites (tertiary alicyclic amines) is 1. The third-order valence-electron chi connectivity index (χ3n) is 6.48. The van der Waals surface area contributed by atoms with E-state index >= 15 is 0 Å². The van der Waals surface area contributed by atoms with Crippen molar-refractivity contribution in [2.75, 3.05) is 39.0 Å². The highest BCUT2D eigenvalue weighted by molar-refractivity contribution is 14.0. The minimum absolute atomic E-state index is 0. The van der Waals surface area contributed by atoms with E-state index in [0.717, 1.165) is 57.8 Å². The Bertz CT molecular complexity index is 813. The van der Waals surface area contributed by atoms with Crippen molar-refractivity contribution in [3.8, 4) is 0 Å². The van der Waals surface area contributed by atoms with E-state index in [4.69, 9.17) is 4.99 Å². The zero-order valence-electron chi connectivity index (χ0n) is 19.7. The number of hydrogen-bond donors (Lipinski definition) is 2. The highest BCUT2D eigenvalue weighted by Gasteiger charge is 2.27. The number of piperidine rings is 2. The molecule has 32 heavy (non-hydrogen) atoms. The lowest BCUT2D eigenvalue weighted by Gasteiger charge is -2.38. The Kier molecular flexibility index (Phi) is 11.2. The van der Waals surface area contributed by atoms with Gasteiger partial charge in [-0.05, 0) is 51.0 Å². The fourth-order valence-corrected chi connectivity index (χ4v) is 5.44. The lowest BCUT2D eigenvalue weighted by atomic mass is 9.97. The Labute approximate surface area is 211 Å². The van der Waals surface area contributed by atoms with Gasteiger partial charge in [0.2, 0.25) is 10.0 Å². The SMILES string of the molecule is CCNC(=NCC1CCN(S(C)(=O)=O)CC1)NC1CCN(Cc2ccccc2)C(C)C1.I. The van der Waals surface area contributed by atoms with E-state index in [1.165, 1.54) is 11.8 Å². The van der Waals surface area contributed by atoms with Crippen molar-refractivity contribution >= 4 is 40.0 Å². The Morgan fingerprint density at radius 1 is 1.12 bits per heavy atom. The van der Waals surface area contributed by atoms with Gasteiger partial charge in [0.1, 0.15) is 0 Å². The summed E-state index contributed by atoms with van der Waals surface area (Å²) in [6.07, 6.45) is 5.26. The van der Waals surface area contributed by atoms with Gasteiger partial charge >= 0.3 is 0 Å². The van der Waals surface area contributed by atoms with Gasteiger partial charge in [-0.2, -0.15) is 0 Å². The molecule has 2 unspecified atom stereocenters. The molecule has 0 bridgehead atoms. The van der Waals surface area contributed by atoms with Crippen molar-refractivity contribution in [1.29, 1.82) is 0 Å². The molecule has 2 saturated heterocycles. The van der Waals surface area contributed by atoms with Gasteiger partial charge in [-0.3, -0.25) is 9.89 Å². The second kappa shape index (κ2) is 13.1. The summed E-state index contributed by atoms with van der Waals surface area (Å²) in [7, 11) is -3.07. The van der Waals surface area contributed by atoms with Crippen LogP contribution in [0.25, 0.3) is 0 Å². The lowest BCUT2D eigenvalue weighted by Crippen LogP contribution is -2.51. The molecular formula is C23H40IN5O2S. The first-order valence-corrected chi connectivity index (χ1v) is 13.5. The van der Waals surface area contributed by atoms with Crippen LogP contribution in [0.4, 0.5) is 0 Å². The Balaban J connectivity index is 0.00000363. The first-order valence-electron chi connectivity index (χ1n) is 11.6. The van der Waals surface area contributed by atoms with Crippen molar-refractivity contribution in [2.45, 2.75) is 58.2 Å². The van der Waals surface area contributed by atoms with Gasteiger partial charge in [0.05, 0.1) is 6.26 Å². The molecule has 0 aliphatic carbocycles. The maximum Gasteiger partial charge on any atom is 0.211 e. The fourth-order valence-electron chi connectivity index (χ4n) is 4.56. The molecular weight excluding hydrogens is 537 g/mol. The Morgan fingerprint density at radius 3 is 2.41 bits per heavy atom. The van der Waals surface area contributed by atoms with Crippen LogP contribution in [0.15, 0.2) is 35.3 Å². The molecule has 0 radical (unpaired) electrons. The topological polar surface area (TPSA) is 77.0 Å². The van der Waals surface area contributed by atoms with Crippen LogP contribution in [0.3, 0.4) is 0 Å². The molecule has 0 amide bonds. The van der Waals surface area contributed by atoms with E-state index < -0.39 is 10.0 Å². The summed E-state index contributed by atoms with van der Waals surface area (Å²) in [4.78, 5) is 7.41. The summed E-state index contributed by atoms with van der Waals surface area (Å²) in [6, 6.07) is 11.6. The number of benzene rings is 1. The summed E-state index contributed by atoms with van der Waals surface area (Å²) in [5.41, 5.74) is 1.37. The maximum absolute atomic E-state index is 11.7. The van der Waals surface area contributed by atoms with Crippen molar-refractivity contribution in [1.82, 2.24) is 19.8 Å². The Hall–Kier alpha value is -0.910. The van der Waals surface area contributed by atoms with Gasteiger partial charge in [0.25, 0.3) is 0 Å². The summed E-state index contributed by atoms with van der Waals surface area (Å²) in [6.45, 7) is 9.30. The number of hydrogen-bond acceptors (Lipinski definition) is 4. The molecule has 2 atom stereocenters. The number of rotatable bonds is 7. The predicted molar refractivity (Wildman–Crippen MR) is 143 cm³/mol. The molecule has 2 fully saturated rings. The largest absolute Gasteiger partial charge is 0.357 e. The summed E-state index contributed by atoms with van der Waals surface area (Å²) in [5, 5.41) is 7.04. The lowest BCUT2D eigenvalue weighted by molar-refractivity contribution is 0.134. The smallest absolute Gasteiger partial charge is 0.211 e. The van der Waals surface area contributed by atoms with E-state index in [-0.39, 0.29) is 24.0 Å². The molecule has 1 aromatic rings. The molecule has 2 heterocycles. The monoisotopic (exact) mass is 577 g/mol. The molecule has 2 N–H and O–H groups in total. The van der Waals surface area contributed by atoms with Crippen LogP contribution in [0.2, 0.25) is 0 Å². The molecule has 0 saturated carbocycles. The van der Waals surface area contributed by atoms with Crippen LogP contribution in [0, 0.1) is 5.92 Å². The van der Waals surface area contributed by atoms with Crippen LogP contribution in [0.5, 0.6) is 0 Å². The number of sulfonamides is 1. The Morgan fingerprint density at radius 2 is 1.81 bits per heavy atom. The number of halogens is 1. The van der Waals surface area contributed by atoms with Crippen LogP contribution >= 0.6 is 24.0 Å². The zero-order chi connectivity index (χ0) is 22.3. The van der Waals surface area contributed by atoms with Gasteiger partial charge < -0.3 is 10.6 Å². The van der Waals surface area contributed by atoms with Crippen molar-refractivity contribution in [2.24, 2.45) is 10.9 Å². The molecule has 7 nitrogen and oxygen atoms in total. The highest BCUT2D eigenvalue weighted by Crippen LogP contribution is 2.21. The molecule has 9 heteroatoms. The zero-order valence-corrected chi connectivity index (χ0v) is 22.8. The molecule has 182 valence electrons.